The van der Waals surface area contributed by atoms with Crippen LogP contribution >= 0.6 is 0 Å². The van der Waals surface area contributed by atoms with E-state index in [9.17, 15) is 5.11 Å². The minimum Gasteiger partial charge on any atom is -0.388 e. The Hall–Kier alpha value is -1.40. The van der Waals surface area contributed by atoms with Crippen molar-refractivity contribution >= 4 is 0 Å². The zero-order valence-electron chi connectivity index (χ0n) is 6.64. The summed E-state index contributed by atoms with van der Waals surface area (Å²) in [6, 6.07) is 5.50. The van der Waals surface area contributed by atoms with E-state index >= 15 is 0 Å². The zero-order chi connectivity index (χ0) is 8.81. The van der Waals surface area contributed by atoms with Crippen LogP contribution < -0.4 is 0 Å². The van der Waals surface area contributed by atoms with Gasteiger partial charge >= 0.3 is 0 Å². The van der Waals surface area contributed by atoms with E-state index in [1.54, 1.807) is 24.5 Å². The lowest BCUT2D eigenvalue weighted by Gasteiger charge is -2.06. The molecule has 62 valence electrons. The number of hydrogen-bond donors (Lipinski definition) is 1. The van der Waals surface area contributed by atoms with Gasteiger partial charge in [-0.25, -0.2) is 0 Å². The zero-order valence-corrected chi connectivity index (χ0v) is 6.64. The fraction of sp³-hybridized carbons (Fsp3) is 0.333. The Balaban J connectivity index is 2.55. The maximum absolute atomic E-state index is 9.47. The van der Waals surface area contributed by atoms with Crippen LogP contribution in [0.15, 0.2) is 24.5 Å². The summed E-state index contributed by atoms with van der Waals surface area (Å²) in [4.78, 5) is 3.83. The molecule has 0 spiro atoms. The summed E-state index contributed by atoms with van der Waals surface area (Å²) in [5.41, 5.74) is 0.820. The third-order valence-electron chi connectivity index (χ3n) is 1.62. The van der Waals surface area contributed by atoms with Crippen molar-refractivity contribution in [3.63, 3.8) is 0 Å². The van der Waals surface area contributed by atoms with Crippen molar-refractivity contribution in [1.82, 2.24) is 4.98 Å². The van der Waals surface area contributed by atoms with E-state index < -0.39 is 6.10 Å². The Morgan fingerprint density at radius 2 is 2.17 bits per heavy atom. The highest BCUT2D eigenvalue weighted by molar-refractivity contribution is 5.12. The van der Waals surface area contributed by atoms with E-state index in [0.29, 0.717) is 12.8 Å². The van der Waals surface area contributed by atoms with Crippen LogP contribution in [0.5, 0.6) is 0 Å². The molecule has 0 saturated carbocycles. The molecule has 3 heteroatoms. The van der Waals surface area contributed by atoms with Crippen molar-refractivity contribution in [3.8, 4) is 6.07 Å². The first-order valence-electron chi connectivity index (χ1n) is 3.79. The monoisotopic (exact) mass is 162 g/mol. The maximum atomic E-state index is 9.47. The number of nitrogens with zero attached hydrogens (tertiary/aromatic N) is 2. The number of rotatable bonds is 3. The molecule has 0 aliphatic carbocycles. The van der Waals surface area contributed by atoms with Crippen LogP contribution in [0.1, 0.15) is 24.5 Å². The van der Waals surface area contributed by atoms with E-state index in [1.807, 2.05) is 6.07 Å². The molecule has 0 radical (unpaired) electrons. The number of pyridine rings is 1. The van der Waals surface area contributed by atoms with Crippen molar-refractivity contribution < 1.29 is 5.11 Å². The Bertz CT molecular complexity index is 266. The summed E-state index contributed by atoms with van der Waals surface area (Å²) in [5.74, 6) is 0. The second-order valence-electron chi connectivity index (χ2n) is 2.49. The van der Waals surface area contributed by atoms with E-state index in [0.717, 1.165) is 5.56 Å². The van der Waals surface area contributed by atoms with Crippen molar-refractivity contribution in [1.29, 1.82) is 5.26 Å². The predicted molar refractivity (Wildman–Crippen MR) is 44.0 cm³/mol. The molecular formula is C9H10N2O. The van der Waals surface area contributed by atoms with E-state index in [1.165, 1.54) is 0 Å². The third-order valence-corrected chi connectivity index (χ3v) is 1.62. The van der Waals surface area contributed by atoms with Gasteiger partial charge in [0, 0.05) is 18.8 Å². The fourth-order valence-corrected chi connectivity index (χ4v) is 0.954. The average Bonchev–Trinajstić information content (AvgIpc) is 2.15. The molecule has 1 aromatic heterocycles. The van der Waals surface area contributed by atoms with Crippen LogP contribution in [0.4, 0.5) is 0 Å². The van der Waals surface area contributed by atoms with Crippen LogP contribution in [-0.4, -0.2) is 10.1 Å². The summed E-state index contributed by atoms with van der Waals surface area (Å²) < 4.78 is 0. The smallest absolute Gasteiger partial charge is 0.0801 e. The molecule has 1 heterocycles. The van der Waals surface area contributed by atoms with Crippen LogP contribution in [0.2, 0.25) is 0 Å². The first-order chi connectivity index (χ1) is 5.84. The summed E-state index contributed by atoms with van der Waals surface area (Å²) in [6.07, 6.45) is 3.59. The van der Waals surface area contributed by atoms with Gasteiger partial charge in [0.2, 0.25) is 0 Å². The highest BCUT2D eigenvalue weighted by Gasteiger charge is 2.05. The molecule has 0 saturated heterocycles. The lowest BCUT2D eigenvalue weighted by Crippen LogP contribution is -1.96. The topological polar surface area (TPSA) is 56.9 Å². The fourth-order valence-electron chi connectivity index (χ4n) is 0.954. The molecule has 1 aromatic rings. The molecular weight excluding hydrogens is 152 g/mol. The molecule has 1 unspecified atom stereocenters. The van der Waals surface area contributed by atoms with Gasteiger partial charge in [0.15, 0.2) is 0 Å². The number of aliphatic hydroxyl groups excluding tert-OH is 1. The predicted octanol–water partition coefficient (Wildman–Crippen LogP) is 1.42. The van der Waals surface area contributed by atoms with Gasteiger partial charge in [-0.05, 0) is 24.1 Å². The van der Waals surface area contributed by atoms with Gasteiger partial charge in [-0.2, -0.15) is 5.26 Å². The molecule has 1 atom stereocenters. The Morgan fingerprint density at radius 3 is 2.75 bits per heavy atom. The molecule has 0 fully saturated rings. The van der Waals surface area contributed by atoms with Crippen molar-refractivity contribution in [2.45, 2.75) is 18.9 Å². The summed E-state index contributed by atoms with van der Waals surface area (Å²) >= 11 is 0. The van der Waals surface area contributed by atoms with Gasteiger partial charge < -0.3 is 5.11 Å². The third kappa shape index (κ3) is 2.33. The van der Waals surface area contributed by atoms with Crippen molar-refractivity contribution in [3.05, 3.63) is 30.1 Å². The van der Waals surface area contributed by atoms with Crippen molar-refractivity contribution in [2.24, 2.45) is 0 Å². The minimum absolute atomic E-state index is 0.378. The van der Waals surface area contributed by atoms with Crippen molar-refractivity contribution in [2.75, 3.05) is 0 Å². The SMILES string of the molecule is N#CCCC(O)c1ccncc1. The lowest BCUT2D eigenvalue weighted by atomic mass is 10.1. The van der Waals surface area contributed by atoms with Gasteiger partial charge in [-0.15, -0.1) is 0 Å². The normalized spacial score (nSPS) is 12.0. The van der Waals surface area contributed by atoms with Gasteiger partial charge in [0.1, 0.15) is 0 Å². The lowest BCUT2D eigenvalue weighted by molar-refractivity contribution is 0.169. The molecule has 3 nitrogen and oxygen atoms in total. The number of nitriles is 1. The number of aromatic nitrogens is 1. The molecule has 0 bridgehead atoms. The first-order valence-corrected chi connectivity index (χ1v) is 3.79. The Kier molecular flexibility index (Phi) is 3.24. The molecule has 0 aromatic carbocycles. The van der Waals surface area contributed by atoms with E-state index in [-0.39, 0.29) is 0 Å². The van der Waals surface area contributed by atoms with Gasteiger partial charge in [0.25, 0.3) is 0 Å². The quantitative estimate of drug-likeness (QED) is 0.731. The standard InChI is InChI=1S/C9H10N2O/c10-5-1-2-9(12)8-3-6-11-7-4-8/h3-4,6-7,9,12H,1-2H2. The Labute approximate surface area is 71.3 Å². The molecule has 1 rings (SSSR count). The average molecular weight is 162 g/mol. The molecule has 0 aliphatic rings. The van der Waals surface area contributed by atoms with Crippen LogP contribution in [0, 0.1) is 11.3 Å². The first kappa shape index (κ1) is 8.69. The van der Waals surface area contributed by atoms with E-state index in [4.69, 9.17) is 5.26 Å². The minimum atomic E-state index is -0.535. The highest BCUT2D eigenvalue weighted by Crippen LogP contribution is 2.16. The molecule has 1 N–H and O–H groups in total. The van der Waals surface area contributed by atoms with Crippen LogP contribution in [-0.2, 0) is 0 Å². The Morgan fingerprint density at radius 1 is 1.50 bits per heavy atom. The van der Waals surface area contributed by atoms with Gasteiger partial charge in [0.05, 0.1) is 12.2 Å². The summed E-state index contributed by atoms with van der Waals surface area (Å²) in [5, 5.41) is 17.8. The second-order valence-corrected chi connectivity index (χ2v) is 2.49. The van der Waals surface area contributed by atoms with Gasteiger partial charge in [-0.3, -0.25) is 4.98 Å². The highest BCUT2D eigenvalue weighted by atomic mass is 16.3. The largest absolute Gasteiger partial charge is 0.388 e. The van der Waals surface area contributed by atoms with Gasteiger partial charge in [-0.1, -0.05) is 0 Å². The number of aliphatic hydroxyl groups is 1. The summed E-state index contributed by atoms with van der Waals surface area (Å²) in [6.45, 7) is 0. The second kappa shape index (κ2) is 4.47. The molecule has 12 heavy (non-hydrogen) atoms. The molecule has 0 amide bonds. The van der Waals surface area contributed by atoms with Crippen LogP contribution in [0.3, 0.4) is 0 Å². The van der Waals surface area contributed by atoms with Crippen LogP contribution in [0.25, 0.3) is 0 Å². The summed E-state index contributed by atoms with van der Waals surface area (Å²) in [7, 11) is 0. The number of hydrogen-bond acceptors (Lipinski definition) is 3. The van der Waals surface area contributed by atoms with E-state index in [2.05, 4.69) is 4.98 Å². The molecule has 0 aliphatic heterocycles. The maximum Gasteiger partial charge on any atom is 0.0801 e.